The Kier molecular flexibility index (Phi) is 9.36. The number of rotatable bonds is 10. The molecule has 0 fully saturated rings. The molecule has 3 aromatic rings. The number of carbonyl (C=O) groups excluding carboxylic acids is 2. The number of anilines is 1. The highest BCUT2D eigenvalue weighted by Crippen LogP contribution is 2.26. The zero-order valence-corrected chi connectivity index (χ0v) is 22.1. The van der Waals surface area contributed by atoms with Gasteiger partial charge in [0.05, 0.1) is 27.9 Å². The Morgan fingerprint density at radius 3 is 2.53 bits per heavy atom. The van der Waals surface area contributed by atoms with Gasteiger partial charge in [0.15, 0.2) is 11.0 Å². The summed E-state index contributed by atoms with van der Waals surface area (Å²) in [6.45, 7) is 4.06. The molecule has 2 aromatic carbocycles. The first-order valence-corrected chi connectivity index (χ1v) is 12.7. The highest BCUT2D eigenvalue weighted by atomic mass is 35.5. The van der Waals surface area contributed by atoms with Crippen LogP contribution < -0.4 is 10.6 Å². The van der Waals surface area contributed by atoms with Crippen molar-refractivity contribution in [2.45, 2.75) is 31.5 Å². The number of hydrogen-bond donors (Lipinski definition) is 3. The van der Waals surface area contributed by atoms with Crippen LogP contribution in [0.25, 0.3) is 0 Å². The predicted octanol–water partition coefficient (Wildman–Crippen LogP) is 5.07. The minimum atomic E-state index is -1.08. The molecule has 1 heterocycles. The van der Waals surface area contributed by atoms with E-state index in [-0.39, 0.29) is 34.1 Å². The maximum atomic E-state index is 12.9. The minimum Gasteiger partial charge on any atom is -0.478 e. The van der Waals surface area contributed by atoms with Gasteiger partial charge in [0.2, 0.25) is 5.91 Å². The average molecular weight is 550 g/mol. The van der Waals surface area contributed by atoms with Crippen molar-refractivity contribution in [3.63, 3.8) is 0 Å². The van der Waals surface area contributed by atoms with E-state index in [1.807, 2.05) is 13.8 Å². The van der Waals surface area contributed by atoms with Crippen molar-refractivity contribution in [2.75, 3.05) is 11.1 Å². The van der Waals surface area contributed by atoms with Crippen LogP contribution in [0.4, 0.5) is 5.69 Å². The summed E-state index contributed by atoms with van der Waals surface area (Å²) in [7, 11) is 1.76. The van der Waals surface area contributed by atoms with Crippen molar-refractivity contribution in [3.8, 4) is 0 Å². The summed E-state index contributed by atoms with van der Waals surface area (Å²) in [5, 5.41) is 24.4. The second-order valence-electron chi connectivity index (χ2n) is 8.40. The fourth-order valence-electron chi connectivity index (χ4n) is 3.42. The van der Waals surface area contributed by atoms with Gasteiger partial charge in [0, 0.05) is 17.8 Å². The molecule has 1 aromatic heterocycles. The van der Waals surface area contributed by atoms with E-state index in [2.05, 4.69) is 20.8 Å². The van der Waals surface area contributed by atoms with Crippen LogP contribution in [0.2, 0.25) is 10.0 Å². The zero-order chi connectivity index (χ0) is 26.4. The van der Waals surface area contributed by atoms with Crippen molar-refractivity contribution >= 4 is 58.4 Å². The maximum Gasteiger partial charge on any atom is 0.335 e. The summed E-state index contributed by atoms with van der Waals surface area (Å²) < 4.78 is 1.74. The van der Waals surface area contributed by atoms with Crippen LogP contribution in [0, 0.1) is 5.92 Å². The van der Waals surface area contributed by atoms with Crippen molar-refractivity contribution in [1.82, 2.24) is 20.1 Å². The second-order valence-corrected chi connectivity index (χ2v) is 10.2. The quantitative estimate of drug-likeness (QED) is 0.301. The number of carboxylic acid groups (broad SMARTS) is 1. The Bertz CT molecular complexity index is 1280. The summed E-state index contributed by atoms with van der Waals surface area (Å²) in [5.74, 6) is -0.937. The number of halogens is 2. The molecule has 36 heavy (non-hydrogen) atoms. The lowest BCUT2D eigenvalue weighted by Gasteiger charge is -2.20. The summed E-state index contributed by atoms with van der Waals surface area (Å²) in [6.07, 6.45) is 0.605. The number of aromatic carboxylic acids is 1. The summed E-state index contributed by atoms with van der Waals surface area (Å²) in [5.41, 5.74) is 0.770. The summed E-state index contributed by atoms with van der Waals surface area (Å²) in [6, 6.07) is 10.2. The van der Waals surface area contributed by atoms with Gasteiger partial charge in [0.1, 0.15) is 0 Å². The lowest BCUT2D eigenvalue weighted by molar-refractivity contribution is -0.113. The van der Waals surface area contributed by atoms with Gasteiger partial charge in [-0.15, -0.1) is 10.2 Å². The van der Waals surface area contributed by atoms with Crippen LogP contribution in [-0.4, -0.2) is 43.4 Å². The minimum absolute atomic E-state index is 0.0326. The highest BCUT2D eigenvalue weighted by Gasteiger charge is 2.24. The van der Waals surface area contributed by atoms with Crippen LogP contribution in [0.15, 0.2) is 47.6 Å². The number of aromatic nitrogens is 3. The van der Waals surface area contributed by atoms with E-state index in [9.17, 15) is 14.4 Å². The molecule has 9 nitrogen and oxygen atoms in total. The summed E-state index contributed by atoms with van der Waals surface area (Å²) in [4.78, 5) is 36.4. The number of amides is 2. The molecule has 1 atom stereocenters. The normalized spacial score (nSPS) is 11.8. The lowest BCUT2D eigenvalue weighted by Crippen LogP contribution is -2.31. The van der Waals surface area contributed by atoms with E-state index in [0.717, 1.165) is 0 Å². The van der Waals surface area contributed by atoms with Gasteiger partial charge in [-0.2, -0.15) is 0 Å². The van der Waals surface area contributed by atoms with Crippen LogP contribution in [0.1, 0.15) is 52.9 Å². The highest BCUT2D eigenvalue weighted by molar-refractivity contribution is 7.99. The molecule has 0 spiro atoms. The van der Waals surface area contributed by atoms with Gasteiger partial charge in [-0.1, -0.05) is 54.9 Å². The molecule has 0 aliphatic heterocycles. The van der Waals surface area contributed by atoms with Gasteiger partial charge in [-0.25, -0.2) is 4.79 Å². The Hall–Kier alpha value is -3.08. The number of carbonyl (C=O) groups is 3. The van der Waals surface area contributed by atoms with Crippen molar-refractivity contribution in [1.29, 1.82) is 0 Å². The number of nitrogens with one attached hydrogen (secondary N) is 2. The molecule has 0 radical (unpaired) electrons. The molecule has 190 valence electrons. The molecule has 0 bridgehead atoms. The van der Waals surface area contributed by atoms with Gasteiger partial charge >= 0.3 is 5.97 Å². The Morgan fingerprint density at radius 1 is 1.11 bits per heavy atom. The van der Waals surface area contributed by atoms with Crippen LogP contribution in [0.3, 0.4) is 0 Å². The molecule has 0 unspecified atom stereocenters. The largest absolute Gasteiger partial charge is 0.478 e. The first kappa shape index (κ1) is 27.5. The standard InChI is InChI=1S/C24H25Cl2N5O4S/c1-13(2)9-19(28-22(33)17-8-7-15(25)11-18(17)26)21-29-30-24(31(21)3)36-12-20(32)27-16-6-4-5-14(10-16)23(34)35/h4-8,10-11,13,19H,9,12H2,1-3H3,(H,27,32)(H,28,33)(H,34,35)/t19-/m1/s1. The first-order chi connectivity index (χ1) is 17.0. The third-order valence-corrected chi connectivity index (χ3v) is 6.66. The molecular formula is C24H25Cl2N5O4S. The third-order valence-electron chi connectivity index (χ3n) is 5.09. The molecule has 0 saturated carbocycles. The van der Waals surface area contributed by atoms with E-state index in [1.54, 1.807) is 35.9 Å². The average Bonchev–Trinajstić information content (AvgIpc) is 3.17. The van der Waals surface area contributed by atoms with Crippen molar-refractivity contribution in [2.24, 2.45) is 13.0 Å². The third kappa shape index (κ3) is 7.22. The Labute approximate surface area is 222 Å². The number of nitrogens with zero attached hydrogens (tertiary/aromatic N) is 3. The number of carboxylic acids is 1. The fraction of sp³-hybridized carbons (Fsp3) is 0.292. The zero-order valence-electron chi connectivity index (χ0n) is 19.8. The van der Waals surface area contributed by atoms with Crippen LogP contribution >= 0.6 is 35.0 Å². The van der Waals surface area contributed by atoms with E-state index in [0.29, 0.717) is 33.7 Å². The molecule has 12 heteroatoms. The van der Waals surface area contributed by atoms with E-state index < -0.39 is 12.0 Å². The first-order valence-electron chi connectivity index (χ1n) is 11.0. The van der Waals surface area contributed by atoms with Gasteiger partial charge in [-0.05, 0) is 48.7 Å². The molecule has 0 saturated heterocycles. The predicted molar refractivity (Wildman–Crippen MR) is 140 cm³/mol. The van der Waals surface area contributed by atoms with Gasteiger partial charge in [0.25, 0.3) is 5.91 Å². The number of thioether (sulfide) groups is 1. The lowest BCUT2D eigenvalue weighted by atomic mass is 10.0. The molecule has 2 amide bonds. The topological polar surface area (TPSA) is 126 Å². The van der Waals surface area contributed by atoms with Gasteiger partial charge < -0.3 is 20.3 Å². The monoisotopic (exact) mass is 549 g/mol. The molecule has 0 aliphatic carbocycles. The van der Waals surface area contributed by atoms with E-state index in [4.69, 9.17) is 28.3 Å². The molecule has 3 rings (SSSR count). The second kappa shape index (κ2) is 12.2. The molecule has 0 aliphatic rings. The molecular weight excluding hydrogens is 525 g/mol. The SMILES string of the molecule is CC(C)C[C@@H](NC(=O)c1ccc(Cl)cc1Cl)c1nnc(SCC(=O)Nc2cccc(C(=O)O)c2)n1C. The van der Waals surface area contributed by atoms with E-state index in [1.165, 1.54) is 30.0 Å². The number of benzene rings is 2. The fourth-order valence-corrected chi connectivity index (χ4v) is 4.63. The Balaban J connectivity index is 1.69. The molecule has 3 N–H and O–H groups in total. The van der Waals surface area contributed by atoms with Crippen molar-refractivity contribution in [3.05, 3.63) is 69.5 Å². The van der Waals surface area contributed by atoms with Gasteiger partial charge in [-0.3, -0.25) is 9.59 Å². The Morgan fingerprint density at radius 2 is 1.86 bits per heavy atom. The smallest absolute Gasteiger partial charge is 0.335 e. The van der Waals surface area contributed by atoms with E-state index >= 15 is 0 Å². The van der Waals surface area contributed by atoms with Crippen molar-refractivity contribution < 1.29 is 19.5 Å². The summed E-state index contributed by atoms with van der Waals surface area (Å²) >= 11 is 13.3. The van der Waals surface area contributed by atoms with Crippen LogP contribution in [0.5, 0.6) is 0 Å². The maximum absolute atomic E-state index is 12.9. The number of hydrogen-bond acceptors (Lipinski definition) is 6. The van der Waals surface area contributed by atoms with Crippen LogP contribution in [-0.2, 0) is 11.8 Å².